The summed E-state index contributed by atoms with van der Waals surface area (Å²) in [5, 5.41) is 2.46. The molecule has 5 heteroatoms. The summed E-state index contributed by atoms with van der Waals surface area (Å²) in [6.45, 7) is 1.18. The zero-order valence-electron chi connectivity index (χ0n) is 5.95. The first-order chi connectivity index (χ1) is 5.29. The number of nitrogens with zero attached hydrogens (tertiary/aromatic N) is 2. The Morgan fingerprint density at radius 3 is 3.18 bits per heavy atom. The molecule has 0 aromatic carbocycles. The molecule has 0 bridgehead atoms. The number of hydrogen-bond acceptors (Lipinski definition) is 2. The topological polar surface area (TPSA) is 72.9 Å². The van der Waals surface area contributed by atoms with Gasteiger partial charge in [0.1, 0.15) is 6.20 Å². The van der Waals surface area contributed by atoms with Crippen molar-refractivity contribution in [2.24, 2.45) is 5.73 Å². The van der Waals surface area contributed by atoms with Gasteiger partial charge in [0.2, 0.25) is 0 Å². The molecule has 0 aliphatic heterocycles. The molecule has 1 aromatic heterocycles. The number of primary amides is 1. The molecule has 0 fully saturated rings. The molecule has 1 radical (unpaired) electrons. The smallest absolute Gasteiger partial charge is 0.312 e. The van der Waals surface area contributed by atoms with Gasteiger partial charge in [-0.1, -0.05) is 0 Å². The summed E-state index contributed by atoms with van der Waals surface area (Å²) < 4.78 is 1.80. The molecule has 1 rings (SSSR count). The summed E-state index contributed by atoms with van der Waals surface area (Å²) in [7, 11) is 0. The first kappa shape index (κ1) is 7.59. The Bertz CT molecular complexity index is 218. The second-order valence-corrected chi connectivity index (χ2v) is 2.03. The quantitative estimate of drug-likeness (QED) is 0.605. The van der Waals surface area contributed by atoms with E-state index in [2.05, 4.69) is 16.5 Å². The lowest BCUT2D eigenvalue weighted by molar-refractivity contribution is 0.248. The molecule has 0 unspecified atom stereocenters. The van der Waals surface area contributed by atoms with Crippen LogP contribution in [0.15, 0.2) is 12.5 Å². The predicted molar refractivity (Wildman–Crippen MR) is 38.6 cm³/mol. The van der Waals surface area contributed by atoms with E-state index in [9.17, 15) is 4.79 Å². The number of rotatable bonds is 3. The van der Waals surface area contributed by atoms with Crippen LogP contribution in [0.25, 0.3) is 0 Å². The van der Waals surface area contributed by atoms with Crippen molar-refractivity contribution in [2.45, 2.75) is 6.54 Å². The average Bonchev–Trinajstić information content (AvgIpc) is 2.39. The monoisotopic (exact) mass is 153 g/mol. The van der Waals surface area contributed by atoms with Crippen molar-refractivity contribution in [3.8, 4) is 0 Å². The van der Waals surface area contributed by atoms with Crippen molar-refractivity contribution in [1.29, 1.82) is 0 Å². The first-order valence-electron chi connectivity index (χ1n) is 3.20. The van der Waals surface area contributed by atoms with Gasteiger partial charge in [-0.05, 0) is 0 Å². The fourth-order valence-corrected chi connectivity index (χ4v) is 0.679. The summed E-state index contributed by atoms with van der Waals surface area (Å²) >= 11 is 0. The number of carbonyl (C=O) groups is 1. The number of aromatic nitrogens is 2. The van der Waals surface area contributed by atoms with Crippen LogP contribution in [0.4, 0.5) is 4.79 Å². The highest BCUT2D eigenvalue weighted by Gasteiger charge is 1.91. The molecule has 5 nitrogen and oxygen atoms in total. The average molecular weight is 153 g/mol. The molecule has 2 amide bonds. The largest absolute Gasteiger partial charge is 0.352 e. The molecule has 0 spiro atoms. The standard InChI is InChI=1S/C6H9N4O/c7-6(11)9-2-4-10-3-1-8-5-10/h3,5H,2,4H2,(H3,7,9,11). The van der Waals surface area contributed by atoms with Crippen molar-refractivity contribution in [3.05, 3.63) is 18.7 Å². The third kappa shape index (κ3) is 2.70. The number of nitrogens with one attached hydrogen (secondary N) is 1. The predicted octanol–water partition coefficient (Wildman–Crippen LogP) is -0.648. The summed E-state index contributed by atoms with van der Waals surface area (Å²) in [5.74, 6) is 0. The Kier molecular flexibility index (Phi) is 2.48. The number of urea groups is 1. The van der Waals surface area contributed by atoms with Crippen molar-refractivity contribution in [2.75, 3.05) is 6.54 Å². The van der Waals surface area contributed by atoms with Gasteiger partial charge in [-0.3, -0.25) is 0 Å². The van der Waals surface area contributed by atoms with Crippen LogP contribution >= 0.6 is 0 Å². The highest BCUT2D eigenvalue weighted by Crippen LogP contribution is 1.81. The summed E-state index contributed by atoms with van der Waals surface area (Å²) in [6, 6.07) is -0.505. The molecule has 3 N–H and O–H groups in total. The van der Waals surface area contributed by atoms with Crippen LogP contribution in [0, 0.1) is 6.20 Å². The fourth-order valence-electron chi connectivity index (χ4n) is 0.679. The number of imidazole rings is 1. The zero-order valence-corrected chi connectivity index (χ0v) is 5.95. The second kappa shape index (κ2) is 3.60. The van der Waals surface area contributed by atoms with E-state index in [4.69, 9.17) is 5.73 Å². The van der Waals surface area contributed by atoms with Gasteiger partial charge in [-0.2, -0.15) is 0 Å². The molecule has 1 aromatic rings. The van der Waals surface area contributed by atoms with E-state index in [1.54, 1.807) is 17.1 Å². The fraction of sp³-hybridized carbons (Fsp3) is 0.333. The van der Waals surface area contributed by atoms with Gasteiger partial charge in [0.05, 0.1) is 6.33 Å². The number of carbonyl (C=O) groups excluding carboxylic acids is 1. The Hall–Kier alpha value is -1.52. The van der Waals surface area contributed by atoms with E-state index < -0.39 is 6.03 Å². The van der Waals surface area contributed by atoms with Crippen LogP contribution < -0.4 is 11.1 Å². The summed E-state index contributed by atoms with van der Waals surface area (Å²) in [6.07, 6.45) is 5.96. The number of amides is 2. The van der Waals surface area contributed by atoms with Gasteiger partial charge in [-0.25, -0.2) is 9.78 Å². The maximum Gasteiger partial charge on any atom is 0.312 e. The summed E-state index contributed by atoms with van der Waals surface area (Å²) in [5.41, 5.74) is 4.85. The van der Waals surface area contributed by atoms with Gasteiger partial charge in [0.25, 0.3) is 0 Å². The number of hydrogen-bond donors (Lipinski definition) is 2. The lowest BCUT2D eigenvalue weighted by Gasteiger charge is -2.01. The molecule has 0 aliphatic rings. The third-order valence-corrected chi connectivity index (χ3v) is 1.17. The van der Waals surface area contributed by atoms with E-state index in [-0.39, 0.29) is 0 Å². The van der Waals surface area contributed by atoms with Gasteiger partial charge in [0.15, 0.2) is 0 Å². The van der Waals surface area contributed by atoms with Crippen molar-refractivity contribution in [3.63, 3.8) is 0 Å². The van der Waals surface area contributed by atoms with Crippen LogP contribution in [-0.4, -0.2) is 22.1 Å². The maximum atomic E-state index is 10.2. The lowest BCUT2D eigenvalue weighted by Crippen LogP contribution is -2.31. The van der Waals surface area contributed by atoms with E-state index in [0.29, 0.717) is 13.1 Å². The highest BCUT2D eigenvalue weighted by atomic mass is 16.2. The van der Waals surface area contributed by atoms with Crippen molar-refractivity contribution in [1.82, 2.24) is 14.9 Å². The van der Waals surface area contributed by atoms with Crippen LogP contribution in [0.5, 0.6) is 0 Å². The first-order valence-corrected chi connectivity index (χ1v) is 3.20. The Morgan fingerprint density at radius 1 is 1.82 bits per heavy atom. The van der Waals surface area contributed by atoms with Crippen molar-refractivity contribution < 1.29 is 4.79 Å². The zero-order chi connectivity index (χ0) is 8.10. The maximum absolute atomic E-state index is 10.2. The molecule has 11 heavy (non-hydrogen) atoms. The van der Waals surface area contributed by atoms with E-state index in [1.165, 1.54) is 0 Å². The van der Waals surface area contributed by atoms with Gasteiger partial charge < -0.3 is 15.6 Å². The summed E-state index contributed by atoms with van der Waals surface area (Å²) in [4.78, 5) is 13.9. The van der Waals surface area contributed by atoms with Crippen LogP contribution in [0.1, 0.15) is 0 Å². The molecule has 0 saturated heterocycles. The minimum absolute atomic E-state index is 0.505. The SMILES string of the molecule is NC(=O)NCCn1c[c]nc1. The van der Waals surface area contributed by atoms with Crippen LogP contribution in [-0.2, 0) is 6.54 Å². The minimum Gasteiger partial charge on any atom is -0.352 e. The van der Waals surface area contributed by atoms with E-state index in [1.807, 2.05) is 0 Å². The molecule has 0 atom stereocenters. The van der Waals surface area contributed by atoms with Crippen molar-refractivity contribution >= 4 is 6.03 Å². The normalized spacial score (nSPS) is 9.45. The second-order valence-electron chi connectivity index (χ2n) is 2.03. The van der Waals surface area contributed by atoms with Gasteiger partial charge in [-0.15, -0.1) is 0 Å². The van der Waals surface area contributed by atoms with Gasteiger partial charge >= 0.3 is 6.03 Å². The van der Waals surface area contributed by atoms with Crippen LogP contribution in [0.3, 0.4) is 0 Å². The molecule has 1 heterocycles. The third-order valence-electron chi connectivity index (χ3n) is 1.17. The molecule has 0 aliphatic carbocycles. The molecule has 0 saturated carbocycles. The van der Waals surface area contributed by atoms with Gasteiger partial charge in [0, 0.05) is 19.3 Å². The Labute approximate surface area is 64.2 Å². The minimum atomic E-state index is -0.505. The molecular weight excluding hydrogens is 144 g/mol. The number of nitrogens with two attached hydrogens (primary N) is 1. The lowest BCUT2D eigenvalue weighted by atomic mass is 10.6. The van der Waals surface area contributed by atoms with Crippen LogP contribution in [0.2, 0.25) is 0 Å². The molecular formula is C6H9N4O. The highest BCUT2D eigenvalue weighted by molar-refractivity contribution is 5.71. The molecule has 59 valence electrons. The van der Waals surface area contributed by atoms with E-state index in [0.717, 1.165) is 0 Å². The van der Waals surface area contributed by atoms with E-state index >= 15 is 0 Å². The Balaban J connectivity index is 2.19. The Morgan fingerprint density at radius 2 is 2.64 bits per heavy atom.